The molecule has 2 aromatic rings. The summed E-state index contributed by atoms with van der Waals surface area (Å²) in [4.78, 5) is 39.5. The number of aromatic amines is 1. The summed E-state index contributed by atoms with van der Waals surface area (Å²) >= 11 is 0. The summed E-state index contributed by atoms with van der Waals surface area (Å²) in [6, 6.07) is 5.47. The third kappa shape index (κ3) is 4.02. The Morgan fingerprint density at radius 1 is 1.00 bits per heavy atom. The van der Waals surface area contributed by atoms with E-state index < -0.39 is 11.9 Å². The molecule has 1 aromatic carbocycles. The van der Waals surface area contributed by atoms with Crippen molar-refractivity contribution in [2.75, 3.05) is 13.2 Å². The van der Waals surface area contributed by atoms with Crippen molar-refractivity contribution in [3.05, 3.63) is 57.4 Å². The van der Waals surface area contributed by atoms with Gasteiger partial charge in [-0.15, -0.1) is 0 Å². The molecular weight excluding hydrogens is 334 g/mol. The first-order chi connectivity index (χ1) is 12.3. The molecule has 1 heterocycles. The standard InChI is InChI=1S/C20H23NO5/c1-6-25-19(23)17-13(4)18(21-14(17)5)20(24)26-10-16(22)15-8-7-11(2)9-12(15)3/h7-9,21H,6,10H2,1-5H3. The van der Waals surface area contributed by atoms with Gasteiger partial charge in [0.1, 0.15) is 5.69 Å². The zero-order valence-corrected chi connectivity index (χ0v) is 15.7. The van der Waals surface area contributed by atoms with Crippen molar-refractivity contribution in [2.45, 2.75) is 34.6 Å². The lowest BCUT2D eigenvalue weighted by atomic mass is 10.0. The highest BCUT2D eigenvalue weighted by atomic mass is 16.5. The van der Waals surface area contributed by atoms with Gasteiger partial charge in [0.2, 0.25) is 5.78 Å². The van der Waals surface area contributed by atoms with Crippen LogP contribution in [0.15, 0.2) is 18.2 Å². The molecule has 138 valence electrons. The molecular formula is C20H23NO5. The number of H-pyrrole nitrogens is 1. The number of rotatable bonds is 6. The van der Waals surface area contributed by atoms with Crippen LogP contribution in [0.1, 0.15) is 60.5 Å². The number of carbonyl (C=O) groups is 3. The zero-order valence-electron chi connectivity index (χ0n) is 15.7. The number of benzene rings is 1. The number of aromatic nitrogens is 1. The molecule has 2 rings (SSSR count). The normalized spacial score (nSPS) is 10.5. The maximum atomic E-state index is 12.3. The van der Waals surface area contributed by atoms with Crippen molar-refractivity contribution >= 4 is 17.7 Å². The molecule has 0 saturated heterocycles. The van der Waals surface area contributed by atoms with E-state index in [9.17, 15) is 14.4 Å². The van der Waals surface area contributed by atoms with E-state index in [4.69, 9.17) is 9.47 Å². The van der Waals surface area contributed by atoms with Crippen molar-refractivity contribution in [1.82, 2.24) is 4.98 Å². The van der Waals surface area contributed by atoms with Crippen molar-refractivity contribution in [2.24, 2.45) is 0 Å². The number of esters is 2. The zero-order chi connectivity index (χ0) is 19.4. The van der Waals surface area contributed by atoms with Gasteiger partial charge in [-0.2, -0.15) is 0 Å². The second-order valence-corrected chi connectivity index (χ2v) is 6.16. The Bertz CT molecular complexity index is 863. The van der Waals surface area contributed by atoms with Crippen LogP contribution in [0, 0.1) is 27.7 Å². The van der Waals surface area contributed by atoms with E-state index in [1.54, 1.807) is 26.8 Å². The first-order valence-electron chi connectivity index (χ1n) is 8.40. The predicted molar refractivity (Wildman–Crippen MR) is 96.8 cm³/mol. The first-order valence-corrected chi connectivity index (χ1v) is 8.40. The molecule has 0 spiro atoms. The lowest BCUT2D eigenvalue weighted by Gasteiger charge is -2.07. The Balaban J connectivity index is 2.12. The van der Waals surface area contributed by atoms with Crippen molar-refractivity contribution in [1.29, 1.82) is 0 Å². The summed E-state index contributed by atoms with van der Waals surface area (Å²) in [6.45, 7) is 8.69. The van der Waals surface area contributed by atoms with Gasteiger partial charge in [0.05, 0.1) is 12.2 Å². The number of nitrogens with one attached hydrogen (secondary N) is 1. The molecule has 0 aliphatic heterocycles. The molecule has 26 heavy (non-hydrogen) atoms. The Labute approximate surface area is 152 Å². The van der Waals surface area contributed by atoms with E-state index in [0.717, 1.165) is 11.1 Å². The number of hydrogen-bond donors (Lipinski definition) is 1. The Hall–Kier alpha value is -2.89. The minimum absolute atomic E-state index is 0.152. The predicted octanol–water partition coefficient (Wildman–Crippen LogP) is 3.46. The quantitative estimate of drug-likeness (QED) is 0.632. The maximum Gasteiger partial charge on any atom is 0.355 e. The third-order valence-electron chi connectivity index (χ3n) is 4.14. The molecule has 0 fully saturated rings. The summed E-state index contributed by atoms with van der Waals surface area (Å²) in [7, 11) is 0. The van der Waals surface area contributed by atoms with Gasteiger partial charge in [0.15, 0.2) is 6.61 Å². The van der Waals surface area contributed by atoms with Crippen LogP contribution < -0.4 is 0 Å². The molecule has 6 nitrogen and oxygen atoms in total. The minimum atomic E-state index is -0.681. The van der Waals surface area contributed by atoms with E-state index in [2.05, 4.69) is 4.98 Å². The molecule has 0 aliphatic carbocycles. The first kappa shape index (κ1) is 19.4. The summed E-state index contributed by atoms with van der Waals surface area (Å²) in [5.41, 5.74) is 3.86. The van der Waals surface area contributed by atoms with Gasteiger partial charge in [0.25, 0.3) is 0 Å². The second kappa shape index (κ2) is 7.99. The third-order valence-corrected chi connectivity index (χ3v) is 4.14. The number of ether oxygens (including phenoxy) is 2. The number of hydrogen-bond acceptors (Lipinski definition) is 5. The summed E-state index contributed by atoms with van der Waals surface area (Å²) < 4.78 is 10.1. The van der Waals surface area contributed by atoms with Crippen LogP contribution in [0.3, 0.4) is 0 Å². The van der Waals surface area contributed by atoms with Crippen LogP contribution in [0.4, 0.5) is 0 Å². The Kier molecular flexibility index (Phi) is 5.97. The van der Waals surface area contributed by atoms with Crippen molar-refractivity contribution in [3.8, 4) is 0 Å². The molecule has 6 heteroatoms. The van der Waals surface area contributed by atoms with Gasteiger partial charge in [-0.1, -0.05) is 23.8 Å². The fraction of sp³-hybridized carbons (Fsp3) is 0.350. The number of aryl methyl sites for hydroxylation is 3. The van der Waals surface area contributed by atoms with Crippen LogP contribution in [-0.4, -0.2) is 35.9 Å². The van der Waals surface area contributed by atoms with E-state index in [0.29, 0.717) is 22.4 Å². The number of carbonyl (C=O) groups excluding carboxylic acids is 3. The van der Waals surface area contributed by atoms with Crippen LogP contribution in [0.25, 0.3) is 0 Å². The van der Waals surface area contributed by atoms with Gasteiger partial charge < -0.3 is 14.5 Å². The SMILES string of the molecule is CCOC(=O)c1c(C)[nH]c(C(=O)OCC(=O)c2ccc(C)cc2C)c1C. The lowest BCUT2D eigenvalue weighted by molar-refractivity contribution is 0.0468. The van der Waals surface area contributed by atoms with Gasteiger partial charge >= 0.3 is 11.9 Å². The molecule has 0 saturated carbocycles. The molecule has 0 unspecified atom stereocenters. The van der Waals surface area contributed by atoms with Gasteiger partial charge in [-0.05, 0) is 45.7 Å². The van der Waals surface area contributed by atoms with E-state index >= 15 is 0 Å². The fourth-order valence-electron chi connectivity index (χ4n) is 2.87. The van der Waals surface area contributed by atoms with Gasteiger partial charge in [-0.3, -0.25) is 4.79 Å². The smallest absolute Gasteiger partial charge is 0.355 e. The van der Waals surface area contributed by atoms with Gasteiger partial charge in [0, 0.05) is 11.3 Å². The summed E-state index contributed by atoms with van der Waals surface area (Å²) in [5.74, 6) is -1.45. The molecule has 1 N–H and O–H groups in total. The second-order valence-electron chi connectivity index (χ2n) is 6.16. The monoisotopic (exact) mass is 357 g/mol. The number of ketones is 1. The largest absolute Gasteiger partial charge is 0.462 e. The van der Waals surface area contributed by atoms with E-state index in [-0.39, 0.29) is 24.7 Å². The highest BCUT2D eigenvalue weighted by Crippen LogP contribution is 2.20. The highest BCUT2D eigenvalue weighted by Gasteiger charge is 2.24. The van der Waals surface area contributed by atoms with E-state index in [1.165, 1.54) is 0 Å². The van der Waals surface area contributed by atoms with Gasteiger partial charge in [-0.25, -0.2) is 9.59 Å². The van der Waals surface area contributed by atoms with Crippen molar-refractivity contribution in [3.63, 3.8) is 0 Å². The van der Waals surface area contributed by atoms with Crippen LogP contribution in [-0.2, 0) is 9.47 Å². The summed E-state index contributed by atoms with van der Waals surface area (Å²) in [5, 5.41) is 0. The van der Waals surface area contributed by atoms with E-state index in [1.807, 2.05) is 26.0 Å². The number of Topliss-reactive ketones (excluding diaryl/α,β-unsaturated/α-hetero) is 1. The molecule has 0 bridgehead atoms. The lowest BCUT2D eigenvalue weighted by Crippen LogP contribution is -2.16. The Morgan fingerprint density at radius 3 is 2.31 bits per heavy atom. The van der Waals surface area contributed by atoms with Crippen LogP contribution in [0.2, 0.25) is 0 Å². The average molecular weight is 357 g/mol. The van der Waals surface area contributed by atoms with Crippen molar-refractivity contribution < 1.29 is 23.9 Å². The fourth-order valence-corrected chi connectivity index (χ4v) is 2.87. The van der Waals surface area contributed by atoms with Crippen LogP contribution >= 0.6 is 0 Å². The Morgan fingerprint density at radius 2 is 1.69 bits per heavy atom. The highest BCUT2D eigenvalue weighted by molar-refractivity contribution is 6.01. The molecule has 0 radical (unpaired) electrons. The topological polar surface area (TPSA) is 85.5 Å². The molecule has 0 atom stereocenters. The van der Waals surface area contributed by atoms with Crippen LogP contribution in [0.5, 0.6) is 0 Å². The summed E-state index contributed by atoms with van der Waals surface area (Å²) in [6.07, 6.45) is 0. The molecule has 0 aliphatic rings. The molecule has 1 aromatic heterocycles. The minimum Gasteiger partial charge on any atom is -0.462 e. The maximum absolute atomic E-state index is 12.3. The molecule has 0 amide bonds. The average Bonchev–Trinajstić information content (AvgIpc) is 2.87.